The maximum absolute atomic E-state index is 12.6. The van der Waals surface area contributed by atoms with Crippen LogP contribution in [0.1, 0.15) is 35.4 Å². The molecule has 1 aliphatic rings. The van der Waals surface area contributed by atoms with E-state index in [0.717, 1.165) is 32.5 Å². The van der Waals surface area contributed by atoms with E-state index in [1.54, 1.807) is 18.7 Å². The highest BCUT2D eigenvalue weighted by Crippen LogP contribution is 2.19. The summed E-state index contributed by atoms with van der Waals surface area (Å²) in [4.78, 5) is 25.1. The first kappa shape index (κ1) is 24.4. The lowest BCUT2D eigenvalue weighted by molar-refractivity contribution is -0.135. The summed E-state index contributed by atoms with van der Waals surface area (Å²) in [6.07, 6.45) is 1.82. The number of nitrogens with two attached hydrogens (primary N) is 1. The third kappa shape index (κ3) is 6.29. The maximum atomic E-state index is 12.6. The van der Waals surface area contributed by atoms with Crippen molar-refractivity contribution in [3.05, 3.63) is 46.8 Å². The number of likely N-dealkylation sites (tertiary alicyclic amines) is 1. The number of carbonyl (C=O) groups is 1. The molecule has 1 amide bonds. The molecular formula is C22H29ClN6O2. The van der Waals surface area contributed by atoms with Gasteiger partial charge in [-0.2, -0.15) is 15.2 Å². The number of benzene rings is 1. The van der Waals surface area contributed by atoms with Crippen LogP contribution in [0.4, 0.5) is 5.69 Å². The van der Waals surface area contributed by atoms with E-state index in [9.17, 15) is 4.79 Å². The van der Waals surface area contributed by atoms with Gasteiger partial charge in [-0.3, -0.25) is 9.69 Å². The average Bonchev–Trinajstić information content (AvgIpc) is 2.76. The summed E-state index contributed by atoms with van der Waals surface area (Å²) in [6.45, 7) is 6.18. The molecule has 2 aromatic rings. The van der Waals surface area contributed by atoms with Gasteiger partial charge in [0.05, 0.1) is 28.7 Å². The van der Waals surface area contributed by atoms with E-state index in [-0.39, 0.29) is 37.0 Å². The minimum Gasteiger partial charge on any atom is -0.453 e. The lowest BCUT2D eigenvalue weighted by Gasteiger charge is -2.36. The van der Waals surface area contributed by atoms with Crippen LogP contribution in [0, 0.1) is 25.2 Å². The number of piperidine rings is 1. The van der Waals surface area contributed by atoms with E-state index >= 15 is 0 Å². The summed E-state index contributed by atoms with van der Waals surface area (Å²) in [7, 11) is 1.83. The molecule has 1 aliphatic heterocycles. The fourth-order valence-electron chi connectivity index (χ4n) is 3.60. The van der Waals surface area contributed by atoms with Gasteiger partial charge in [-0.05, 0) is 44.4 Å². The Hall–Kier alpha value is -2.89. The topological polar surface area (TPSA) is 108 Å². The summed E-state index contributed by atoms with van der Waals surface area (Å²) in [6, 6.07) is 10.2. The standard InChI is InChI=1S/C22H28N6O2.ClH/c1-15-21(24)16(2)26-22(25-15)30-14-20(29)27(3)19-8-10-28(11-9-19)13-18-6-4-17(12-23)5-7-18;/h4-7,19H,8-11,13-14,24H2,1-3H3;1H. The summed E-state index contributed by atoms with van der Waals surface area (Å²) in [5.41, 5.74) is 9.55. The largest absolute Gasteiger partial charge is 0.453 e. The van der Waals surface area contributed by atoms with Gasteiger partial charge in [0.1, 0.15) is 0 Å². The zero-order valence-electron chi connectivity index (χ0n) is 18.2. The van der Waals surface area contributed by atoms with Crippen LogP contribution < -0.4 is 10.5 Å². The second-order valence-corrected chi connectivity index (χ2v) is 7.70. The molecule has 1 aromatic carbocycles. The van der Waals surface area contributed by atoms with E-state index in [4.69, 9.17) is 15.7 Å². The smallest absolute Gasteiger partial charge is 0.317 e. The minimum atomic E-state index is -0.0925. The monoisotopic (exact) mass is 444 g/mol. The van der Waals surface area contributed by atoms with Crippen LogP contribution in [-0.4, -0.2) is 58.5 Å². The molecule has 31 heavy (non-hydrogen) atoms. The SMILES string of the molecule is Cc1nc(OCC(=O)N(C)C2CCN(Cc3ccc(C#N)cc3)CC2)nc(C)c1N.Cl. The maximum Gasteiger partial charge on any atom is 0.317 e. The number of likely N-dealkylation sites (N-methyl/N-ethyl adjacent to an activating group) is 1. The van der Waals surface area contributed by atoms with Crippen molar-refractivity contribution in [1.29, 1.82) is 5.26 Å². The number of amides is 1. The fourth-order valence-corrected chi connectivity index (χ4v) is 3.60. The molecule has 0 atom stereocenters. The second-order valence-electron chi connectivity index (χ2n) is 7.70. The zero-order chi connectivity index (χ0) is 21.7. The molecule has 0 saturated carbocycles. The number of nitrogens with zero attached hydrogens (tertiary/aromatic N) is 5. The average molecular weight is 445 g/mol. The van der Waals surface area contributed by atoms with Crippen molar-refractivity contribution in [2.24, 2.45) is 0 Å². The van der Waals surface area contributed by atoms with E-state index in [1.807, 2.05) is 31.3 Å². The van der Waals surface area contributed by atoms with Crippen LogP contribution in [0.5, 0.6) is 6.01 Å². The molecule has 0 unspecified atom stereocenters. The van der Waals surface area contributed by atoms with Gasteiger partial charge in [0, 0.05) is 32.7 Å². The highest BCUT2D eigenvalue weighted by Gasteiger charge is 2.25. The van der Waals surface area contributed by atoms with Crippen molar-refractivity contribution in [2.45, 2.75) is 39.3 Å². The van der Waals surface area contributed by atoms with Gasteiger partial charge < -0.3 is 15.4 Å². The Bertz CT molecular complexity index is 913. The van der Waals surface area contributed by atoms with Gasteiger partial charge in [0.2, 0.25) is 0 Å². The van der Waals surface area contributed by atoms with Crippen molar-refractivity contribution < 1.29 is 9.53 Å². The predicted molar refractivity (Wildman–Crippen MR) is 121 cm³/mol. The van der Waals surface area contributed by atoms with Crippen LogP contribution in [0.3, 0.4) is 0 Å². The number of ether oxygens (including phenoxy) is 1. The van der Waals surface area contributed by atoms with Crippen LogP contribution in [0.2, 0.25) is 0 Å². The number of carbonyl (C=O) groups excluding carboxylic acids is 1. The third-order valence-corrected chi connectivity index (χ3v) is 5.62. The van der Waals surface area contributed by atoms with Crippen molar-refractivity contribution in [3.8, 4) is 12.1 Å². The number of hydrogen-bond acceptors (Lipinski definition) is 7. The molecular weight excluding hydrogens is 416 g/mol. The lowest BCUT2D eigenvalue weighted by Crippen LogP contribution is -2.46. The Kier molecular flexibility index (Phi) is 8.60. The molecule has 8 nitrogen and oxygen atoms in total. The molecule has 1 aromatic heterocycles. The van der Waals surface area contributed by atoms with Crippen molar-refractivity contribution >= 4 is 24.0 Å². The Morgan fingerprint density at radius 3 is 2.35 bits per heavy atom. The molecule has 1 fully saturated rings. The van der Waals surface area contributed by atoms with Crippen LogP contribution in [0.25, 0.3) is 0 Å². The van der Waals surface area contributed by atoms with Gasteiger partial charge >= 0.3 is 6.01 Å². The van der Waals surface area contributed by atoms with E-state index in [2.05, 4.69) is 20.9 Å². The number of halogens is 1. The van der Waals surface area contributed by atoms with Crippen LogP contribution >= 0.6 is 12.4 Å². The molecule has 3 rings (SSSR count). The van der Waals surface area contributed by atoms with Crippen molar-refractivity contribution in [3.63, 3.8) is 0 Å². The lowest BCUT2D eigenvalue weighted by atomic mass is 10.0. The molecule has 0 aliphatic carbocycles. The highest BCUT2D eigenvalue weighted by atomic mass is 35.5. The van der Waals surface area contributed by atoms with Gasteiger partial charge in [-0.25, -0.2) is 0 Å². The summed E-state index contributed by atoms with van der Waals surface area (Å²) >= 11 is 0. The van der Waals surface area contributed by atoms with E-state index in [0.29, 0.717) is 22.6 Å². The number of anilines is 1. The van der Waals surface area contributed by atoms with Crippen LogP contribution in [0.15, 0.2) is 24.3 Å². The predicted octanol–water partition coefficient (Wildman–Crippen LogP) is 2.47. The first-order chi connectivity index (χ1) is 14.4. The summed E-state index contributed by atoms with van der Waals surface area (Å²) in [5.74, 6) is -0.0868. The first-order valence-corrected chi connectivity index (χ1v) is 10.1. The Balaban J connectivity index is 0.00000341. The molecule has 9 heteroatoms. The minimum absolute atomic E-state index is 0. The Morgan fingerprint density at radius 2 is 1.81 bits per heavy atom. The molecule has 2 N–H and O–H groups in total. The normalized spacial score (nSPS) is 14.4. The van der Waals surface area contributed by atoms with E-state index < -0.39 is 0 Å². The quantitative estimate of drug-likeness (QED) is 0.728. The number of rotatable bonds is 6. The van der Waals surface area contributed by atoms with Crippen molar-refractivity contribution in [2.75, 3.05) is 32.5 Å². The number of hydrogen-bond donors (Lipinski definition) is 1. The van der Waals surface area contributed by atoms with Gasteiger partial charge in [-0.1, -0.05) is 12.1 Å². The first-order valence-electron chi connectivity index (χ1n) is 10.1. The van der Waals surface area contributed by atoms with Gasteiger partial charge in [0.25, 0.3) is 5.91 Å². The summed E-state index contributed by atoms with van der Waals surface area (Å²) in [5, 5.41) is 8.90. The van der Waals surface area contributed by atoms with Crippen LogP contribution in [-0.2, 0) is 11.3 Å². The Labute approximate surface area is 189 Å². The summed E-state index contributed by atoms with van der Waals surface area (Å²) < 4.78 is 5.51. The molecule has 1 saturated heterocycles. The molecule has 0 bridgehead atoms. The second kappa shape index (κ2) is 10.9. The number of aromatic nitrogens is 2. The van der Waals surface area contributed by atoms with Crippen molar-refractivity contribution in [1.82, 2.24) is 19.8 Å². The highest BCUT2D eigenvalue weighted by molar-refractivity contribution is 5.85. The van der Waals surface area contributed by atoms with Gasteiger partial charge in [-0.15, -0.1) is 12.4 Å². The Morgan fingerprint density at radius 1 is 1.23 bits per heavy atom. The number of aryl methyl sites for hydroxylation is 2. The van der Waals surface area contributed by atoms with Gasteiger partial charge in [0.15, 0.2) is 6.61 Å². The van der Waals surface area contributed by atoms with E-state index in [1.165, 1.54) is 5.56 Å². The molecule has 166 valence electrons. The molecule has 2 heterocycles. The fraction of sp³-hybridized carbons (Fsp3) is 0.455. The third-order valence-electron chi connectivity index (χ3n) is 5.62. The molecule has 0 spiro atoms. The number of nitriles is 1. The number of nitrogen functional groups attached to an aromatic ring is 1. The molecule has 0 radical (unpaired) electrons. The zero-order valence-corrected chi connectivity index (χ0v) is 19.0.